The summed E-state index contributed by atoms with van der Waals surface area (Å²) < 4.78 is 22.4. The molecule has 134 valence electrons. The zero-order valence-electron chi connectivity index (χ0n) is 14.2. The molecule has 1 aliphatic heterocycles. The van der Waals surface area contributed by atoms with Crippen LogP contribution in [0.2, 0.25) is 0 Å². The summed E-state index contributed by atoms with van der Waals surface area (Å²) in [6.07, 6.45) is 0.0741. The molecule has 0 aromatic carbocycles. The smallest absolute Gasteiger partial charge is 0.330 e. The summed E-state index contributed by atoms with van der Waals surface area (Å²) in [7, 11) is 0. The third-order valence-electron chi connectivity index (χ3n) is 3.33. The van der Waals surface area contributed by atoms with Crippen LogP contribution in [0.3, 0.4) is 0 Å². The first-order valence-corrected chi connectivity index (χ1v) is 7.52. The van der Waals surface area contributed by atoms with Gasteiger partial charge in [-0.05, 0) is 27.7 Å². The number of aromatic nitrogens is 2. The summed E-state index contributed by atoms with van der Waals surface area (Å²) in [5, 5.41) is 0. The second kappa shape index (κ2) is 7.29. The molecule has 0 saturated carbocycles. The lowest BCUT2D eigenvalue weighted by atomic mass is 9.98. The number of hydrogen-bond donors (Lipinski definition) is 1. The van der Waals surface area contributed by atoms with E-state index in [1.807, 2.05) is 0 Å². The van der Waals surface area contributed by atoms with Gasteiger partial charge in [0.2, 0.25) is 0 Å². The van der Waals surface area contributed by atoms with Crippen molar-refractivity contribution in [3.8, 4) is 0 Å². The molecule has 1 fully saturated rings. The van der Waals surface area contributed by atoms with Crippen molar-refractivity contribution in [2.45, 2.75) is 40.2 Å². The quantitative estimate of drug-likeness (QED) is 0.465. The standard InChI is InChI=1S/C15H22N2O7/c1-9-5-17(14(20)16-12(9)18)10-6-22-11(24-10)7-21-8-23-13(19)15(2,3)4/h5,10-11H,6-8H2,1-4H3,(H,16,18,20)/t10-,11-/m1/s1. The first kappa shape index (κ1) is 18.4. The van der Waals surface area contributed by atoms with Crippen LogP contribution >= 0.6 is 0 Å². The minimum Gasteiger partial charge on any atom is -0.438 e. The third-order valence-corrected chi connectivity index (χ3v) is 3.33. The Morgan fingerprint density at radius 2 is 2.12 bits per heavy atom. The van der Waals surface area contributed by atoms with Gasteiger partial charge < -0.3 is 18.9 Å². The van der Waals surface area contributed by atoms with Gasteiger partial charge in [-0.15, -0.1) is 0 Å². The lowest BCUT2D eigenvalue weighted by molar-refractivity contribution is -0.177. The summed E-state index contributed by atoms with van der Waals surface area (Å²) >= 11 is 0. The van der Waals surface area contributed by atoms with Crippen molar-refractivity contribution in [2.75, 3.05) is 20.0 Å². The normalized spacial score (nSPS) is 21.0. The largest absolute Gasteiger partial charge is 0.438 e. The molecule has 2 heterocycles. The number of ether oxygens (including phenoxy) is 4. The van der Waals surface area contributed by atoms with E-state index in [9.17, 15) is 14.4 Å². The van der Waals surface area contributed by atoms with Crippen molar-refractivity contribution in [1.82, 2.24) is 9.55 Å². The molecular weight excluding hydrogens is 320 g/mol. The molecule has 1 N–H and O–H groups in total. The highest BCUT2D eigenvalue weighted by Crippen LogP contribution is 2.20. The number of esters is 1. The number of carbonyl (C=O) groups excluding carboxylic acids is 1. The first-order chi connectivity index (χ1) is 11.2. The second-order valence-electron chi connectivity index (χ2n) is 6.50. The number of hydrogen-bond acceptors (Lipinski definition) is 7. The highest BCUT2D eigenvalue weighted by molar-refractivity contribution is 5.75. The van der Waals surface area contributed by atoms with Crippen molar-refractivity contribution >= 4 is 5.97 Å². The summed E-state index contributed by atoms with van der Waals surface area (Å²) in [4.78, 5) is 36.9. The van der Waals surface area contributed by atoms with Crippen LogP contribution in [0, 0.1) is 12.3 Å². The van der Waals surface area contributed by atoms with Gasteiger partial charge in [-0.1, -0.05) is 0 Å². The highest BCUT2D eigenvalue weighted by Gasteiger charge is 2.29. The van der Waals surface area contributed by atoms with Gasteiger partial charge in [0.25, 0.3) is 5.56 Å². The fourth-order valence-electron chi connectivity index (χ4n) is 1.93. The van der Waals surface area contributed by atoms with Crippen LogP contribution in [0.1, 0.15) is 32.6 Å². The Morgan fingerprint density at radius 3 is 2.79 bits per heavy atom. The van der Waals surface area contributed by atoms with Crippen LogP contribution in [0.25, 0.3) is 0 Å². The maximum atomic E-state index is 11.8. The number of H-pyrrole nitrogens is 1. The van der Waals surface area contributed by atoms with Crippen molar-refractivity contribution in [1.29, 1.82) is 0 Å². The van der Waals surface area contributed by atoms with Crippen molar-refractivity contribution in [3.05, 3.63) is 32.6 Å². The van der Waals surface area contributed by atoms with E-state index >= 15 is 0 Å². The van der Waals surface area contributed by atoms with Crippen molar-refractivity contribution < 1.29 is 23.7 Å². The fourth-order valence-corrected chi connectivity index (χ4v) is 1.93. The summed E-state index contributed by atoms with van der Waals surface area (Å²) in [6, 6.07) is 0. The third kappa shape index (κ3) is 4.53. The second-order valence-corrected chi connectivity index (χ2v) is 6.50. The Morgan fingerprint density at radius 1 is 1.42 bits per heavy atom. The number of carbonyl (C=O) groups is 1. The van der Waals surface area contributed by atoms with E-state index in [0.717, 1.165) is 0 Å². The monoisotopic (exact) mass is 342 g/mol. The van der Waals surface area contributed by atoms with E-state index in [4.69, 9.17) is 18.9 Å². The summed E-state index contributed by atoms with van der Waals surface area (Å²) in [6.45, 7) is 6.80. The molecule has 1 aliphatic rings. The molecule has 9 heteroatoms. The number of nitrogens with one attached hydrogen (secondary N) is 1. The highest BCUT2D eigenvalue weighted by atomic mass is 16.8. The van der Waals surface area contributed by atoms with Gasteiger partial charge in [-0.2, -0.15) is 0 Å². The van der Waals surface area contributed by atoms with Crippen LogP contribution in [0.5, 0.6) is 0 Å². The summed E-state index contributed by atoms with van der Waals surface area (Å²) in [5.41, 5.74) is -1.21. The SMILES string of the molecule is Cc1cn([C@H]2CO[C@@H](COCOC(=O)C(C)(C)C)O2)c(=O)[nH]c1=O. The van der Waals surface area contributed by atoms with Gasteiger partial charge in [-0.3, -0.25) is 19.1 Å². The van der Waals surface area contributed by atoms with E-state index in [-0.39, 0.29) is 26.0 Å². The average molecular weight is 342 g/mol. The number of rotatable bonds is 5. The van der Waals surface area contributed by atoms with Gasteiger partial charge in [0, 0.05) is 11.8 Å². The molecule has 0 amide bonds. The van der Waals surface area contributed by atoms with Crippen molar-refractivity contribution in [2.24, 2.45) is 5.41 Å². The van der Waals surface area contributed by atoms with E-state index in [2.05, 4.69) is 4.98 Å². The molecule has 0 radical (unpaired) electrons. The molecule has 1 saturated heterocycles. The van der Waals surface area contributed by atoms with E-state index in [0.29, 0.717) is 5.56 Å². The lowest BCUT2D eigenvalue weighted by Crippen LogP contribution is -2.34. The van der Waals surface area contributed by atoms with E-state index in [1.165, 1.54) is 10.8 Å². The molecular formula is C15H22N2O7. The molecule has 9 nitrogen and oxygen atoms in total. The van der Waals surface area contributed by atoms with Gasteiger partial charge in [0.05, 0.1) is 12.0 Å². The zero-order valence-corrected chi connectivity index (χ0v) is 14.2. The molecule has 0 spiro atoms. The van der Waals surface area contributed by atoms with Crippen LogP contribution in [-0.2, 0) is 23.7 Å². The minimum absolute atomic E-state index is 0.0466. The average Bonchev–Trinajstić information content (AvgIpc) is 2.94. The Hall–Kier alpha value is -1.97. The zero-order chi connectivity index (χ0) is 17.9. The van der Waals surface area contributed by atoms with Gasteiger partial charge in [0.15, 0.2) is 19.3 Å². The molecule has 0 aliphatic carbocycles. The first-order valence-electron chi connectivity index (χ1n) is 7.52. The predicted molar refractivity (Wildman–Crippen MR) is 82.3 cm³/mol. The Balaban J connectivity index is 1.82. The lowest BCUT2D eigenvalue weighted by Gasteiger charge is -2.17. The topological polar surface area (TPSA) is 109 Å². The molecule has 2 atom stereocenters. The Bertz CT molecular complexity index is 701. The van der Waals surface area contributed by atoms with Gasteiger partial charge in [-0.25, -0.2) is 4.79 Å². The maximum absolute atomic E-state index is 11.8. The molecule has 0 bridgehead atoms. The van der Waals surface area contributed by atoms with Crippen LogP contribution in [0.15, 0.2) is 15.8 Å². The summed E-state index contributed by atoms with van der Waals surface area (Å²) in [5.74, 6) is -0.371. The fraction of sp³-hybridized carbons (Fsp3) is 0.667. The number of aromatic amines is 1. The van der Waals surface area contributed by atoms with Crippen LogP contribution in [-0.4, -0.2) is 41.8 Å². The Kier molecular flexibility index (Phi) is 5.58. The molecule has 0 unspecified atom stereocenters. The van der Waals surface area contributed by atoms with Crippen LogP contribution < -0.4 is 11.2 Å². The molecule has 1 aromatic rings. The minimum atomic E-state index is -0.692. The van der Waals surface area contributed by atoms with E-state index in [1.54, 1.807) is 27.7 Å². The molecule has 1 aromatic heterocycles. The molecule has 2 rings (SSSR count). The predicted octanol–water partition coefficient (Wildman–Crippen LogP) is 0.280. The van der Waals surface area contributed by atoms with Crippen LogP contribution in [0.4, 0.5) is 0 Å². The number of nitrogens with zero attached hydrogens (tertiary/aromatic N) is 1. The number of aryl methyl sites for hydroxylation is 1. The maximum Gasteiger partial charge on any atom is 0.330 e. The van der Waals surface area contributed by atoms with Gasteiger partial charge >= 0.3 is 11.7 Å². The molecule has 24 heavy (non-hydrogen) atoms. The van der Waals surface area contributed by atoms with E-state index < -0.39 is 29.2 Å². The van der Waals surface area contributed by atoms with Crippen molar-refractivity contribution in [3.63, 3.8) is 0 Å². The van der Waals surface area contributed by atoms with Gasteiger partial charge in [0.1, 0.15) is 6.61 Å². The Labute approximate surface area is 138 Å².